The second-order valence-electron chi connectivity index (χ2n) is 4.28. The molecule has 3 rings (SSSR count). The minimum atomic E-state index is -0.0301. The van der Waals surface area contributed by atoms with Crippen molar-refractivity contribution in [3.05, 3.63) is 45.8 Å². The molecule has 0 radical (unpaired) electrons. The smallest absolute Gasteiger partial charge is 0.257 e. The van der Waals surface area contributed by atoms with Crippen molar-refractivity contribution in [3.63, 3.8) is 0 Å². The van der Waals surface area contributed by atoms with Gasteiger partial charge in [-0.3, -0.25) is 4.79 Å². The summed E-state index contributed by atoms with van der Waals surface area (Å²) in [7, 11) is 0. The molecular weight excluding hydrogens is 246 g/mol. The van der Waals surface area contributed by atoms with E-state index in [-0.39, 0.29) is 5.91 Å². The van der Waals surface area contributed by atoms with Crippen LogP contribution in [0, 0.1) is 0 Å². The van der Waals surface area contributed by atoms with Crippen molar-refractivity contribution in [2.45, 2.75) is 13.0 Å². The molecule has 0 aromatic carbocycles. The van der Waals surface area contributed by atoms with E-state index in [1.54, 1.807) is 29.7 Å². The molecule has 2 aromatic heterocycles. The molecular formula is C13H13N3OS. The summed E-state index contributed by atoms with van der Waals surface area (Å²) in [6, 6.07) is 5.56. The molecule has 3 heterocycles. The van der Waals surface area contributed by atoms with Crippen molar-refractivity contribution in [1.82, 2.24) is 9.88 Å². The van der Waals surface area contributed by atoms with Crippen LogP contribution in [0.1, 0.15) is 20.8 Å². The monoisotopic (exact) mass is 259 g/mol. The fourth-order valence-electron chi connectivity index (χ4n) is 2.19. The first kappa shape index (κ1) is 11.2. The molecule has 1 amide bonds. The molecule has 0 atom stereocenters. The van der Waals surface area contributed by atoms with Crippen LogP contribution in [0.5, 0.6) is 0 Å². The van der Waals surface area contributed by atoms with Crippen molar-refractivity contribution in [2.75, 3.05) is 12.3 Å². The Hall–Kier alpha value is -1.88. The van der Waals surface area contributed by atoms with Gasteiger partial charge in [-0.2, -0.15) is 0 Å². The number of nitrogens with two attached hydrogens (primary N) is 1. The lowest BCUT2D eigenvalue weighted by atomic mass is 10.1. The first-order valence-corrected chi connectivity index (χ1v) is 6.68. The fraction of sp³-hybridized carbons (Fsp3) is 0.231. The van der Waals surface area contributed by atoms with Crippen LogP contribution in [-0.2, 0) is 13.0 Å². The number of nitrogen functional groups attached to an aromatic ring is 1. The number of carbonyl (C=O) groups excluding carboxylic acids is 1. The van der Waals surface area contributed by atoms with E-state index in [1.807, 2.05) is 4.90 Å². The van der Waals surface area contributed by atoms with Crippen molar-refractivity contribution < 1.29 is 4.79 Å². The van der Waals surface area contributed by atoms with Gasteiger partial charge < -0.3 is 10.6 Å². The number of amides is 1. The number of nitrogens with zero attached hydrogens (tertiary/aromatic N) is 2. The number of aromatic nitrogens is 1. The van der Waals surface area contributed by atoms with Crippen LogP contribution >= 0.6 is 11.3 Å². The predicted molar refractivity (Wildman–Crippen MR) is 71.4 cm³/mol. The maximum absolute atomic E-state index is 12.4. The summed E-state index contributed by atoms with van der Waals surface area (Å²) < 4.78 is 0. The Morgan fingerprint density at radius 1 is 1.44 bits per heavy atom. The average Bonchev–Trinajstić information content (AvgIpc) is 2.85. The van der Waals surface area contributed by atoms with E-state index >= 15 is 0 Å². The zero-order valence-corrected chi connectivity index (χ0v) is 10.6. The van der Waals surface area contributed by atoms with Crippen LogP contribution in [0.3, 0.4) is 0 Å². The molecule has 18 heavy (non-hydrogen) atoms. The first-order chi connectivity index (χ1) is 8.75. The number of hydrogen-bond acceptors (Lipinski definition) is 4. The minimum Gasteiger partial charge on any atom is -0.383 e. The standard InChI is InChI=1S/C13H13N3OS/c14-12-10(2-1-5-15-12)13(17)16-6-3-11-9(8-16)4-7-18-11/h1-2,4-5,7H,3,6,8H2,(H2,14,15). The molecule has 0 spiro atoms. The summed E-state index contributed by atoms with van der Waals surface area (Å²) >= 11 is 1.76. The summed E-state index contributed by atoms with van der Waals surface area (Å²) in [6.07, 6.45) is 2.53. The molecule has 0 bridgehead atoms. The number of carbonyl (C=O) groups is 1. The van der Waals surface area contributed by atoms with Crippen LogP contribution in [0.25, 0.3) is 0 Å². The van der Waals surface area contributed by atoms with E-state index in [2.05, 4.69) is 16.4 Å². The molecule has 4 nitrogen and oxygen atoms in total. The van der Waals surface area contributed by atoms with Gasteiger partial charge in [-0.25, -0.2) is 4.98 Å². The van der Waals surface area contributed by atoms with Crippen LogP contribution in [-0.4, -0.2) is 22.3 Å². The Kier molecular flexibility index (Phi) is 2.76. The Morgan fingerprint density at radius 2 is 2.33 bits per heavy atom. The summed E-state index contributed by atoms with van der Waals surface area (Å²) in [6.45, 7) is 1.42. The lowest BCUT2D eigenvalue weighted by Gasteiger charge is -2.27. The van der Waals surface area contributed by atoms with Gasteiger partial charge in [-0.1, -0.05) is 0 Å². The SMILES string of the molecule is Nc1ncccc1C(=O)N1CCc2sccc2C1. The normalized spacial score (nSPS) is 14.3. The molecule has 0 unspecified atom stereocenters. The third-order valence-corrected chi connectivity index (χ3v) is 4.19. The Morgan fingerprint density at radius 3 is 3.17 bits per heavy atom. The molecule has 2 aromatic rings. The van der Waals surface area contributed by atoms with Gasteiger partial charge in [0.1, 0.15) is 5.82 Å². The summed E-state index contributed by atoms with van der Waals surface area (Å²) in [5, 5.41) is 2.08. The van der Waals surface area contributed by atoms with E-state index < -0.39 is 0 Å². The second-order valence-corrected chi connectivity index (χ2v) is 5.28. The first-order valence-electron chi connectivity index (χ1n) is 5.80. The van der Waals surface area contributed by atoms with E-state index in [9.17, 15) is 4.79 Å². The number of anilines is 1. The minimum absolute atomic E-state index is 0.0301. The Bertz CT molecular complexity index is 593. The summed E-state index contributed by atoms with van der Waals surface area (Å²) in [4.78, 5) is 19.5. The molecule has 1 aliphatic rings. The molecule has 0 saturated heterocycles. The number of thiophene rings is 1. The van der Waals surface area contributed by atoms with E-state index in [0.717, 1.165) is 13.0 Å². The molecule has 2 N–H and O–H groups in total. The second kappa shape index (κ2) is 4.42. The number of pyridine rings is 1. The summed E-state index contributed by atoms with van der Waals surface area (Å²) in [5.74, 6) is 0.274. The van der Waals surface area contributed by atoms with E-state index in [1.165, 1.54) is 10.4 Å². The van der Waals surface area contributed by atoms with Crippen LogP contribution < -0.4 is 5.73 Å². The van der Waals surface area contributed by atoms with E-state index in [4.69, 9.17) is 5.73 Å². The van der Waals surface area contributed by atoms with E-state index in [0.29, 0.717) is 17.9 Å². The zero-order valence-electron chi connectivity index (χ0n) is 9.80. The topological polar surface area (TPSA) is 59.2 Å². The quantitative estimate of drug-likeness (QED) is 0.851. The third-order valence-electron chi connectivity index (χ3n) is 3.16. The van der Waals surface area contributed by atoms with Gasteiger partial charge in [-0.15, -0.1) is 11.3 Å². The summed E-state index contributed by atoms with van der Waals surface area (Å²) in [5.41, 5.74) is 7.49. The van der Waals surface area contributed by atoms with Gasteiger partial charge in [0.05, 0.1) is 5.56 Å². The largest absolute Gasteiger partial charge is 0.383 e. The molecule has 0 fully saturated rings. The van der Waals surface area contributed by atoms with Gasteiger partial charge >= 0.3 is 0 Å². The predicted octanol–water partition coefficient (Wildman–Crippen LogP) is 1.92. The van der Waals surface area contributed by atoms with Crippen LogP contribution in [0.2, 0.25) is 0 Å². The fourth-order valence-corrected chi connectivity index (χ4v) is 3.08. The highest BCUT2D eigenvalue weighted by atomic mass is 32.1. The zero-order chi connectivity index (χ0) is 12.5. The van der Waals surface area contributed by atoms with Gasteiger partial charge in [0.2, 0.25) is 0 Å². The van der Waals surface area contributed by atoms with Crippen LogP contribution in [0.4, 0.5) is 5.82 Å². The number of hydrogen-bond donors (Lipinski definition) is 1. The maximum atomic E-state index is 12.4. The van der Waals surface area contributed by atoms with Crippen molar-refractivity contribution in [2.24, 2.45) is 0 Å². The van der Waals surface area contributed by atoms with Gasteiger partial charge in [-0.05, 0) is 35.6 Å². The lowest BCUT2D eigenvalue weighted by molar-refractivity contribution is 0.0736. The highest BCUT2D eigenvalue weighted by Crippen LogP contribution is 2.25. The molecule has 0 saturated carbocycles. The lowest BCUT2D eigenvalue weighted by Crippen LogP contribution is -2.35. The average molecular weight is 259 g/mol. The maximum Gasteiger partial charge on any atom is 0.257 e. The van der Waals surface area contributed by atoms with Crippen molar-refractivity contribution >= 4 is 23.1 Å². The molecule has 1 aliphatic heterocycles. The highest BCUT2D eigenvalue weighted by Gasteiger charge is 2.23. The van der Waals surface area contributed by atoms with Crippen molar-refractivity contribution in [3.8, 4) is 0 Å². The van der Waals surface area contributed by atoms with Gasteiger partial charge in [0.25, 0.3) is 5.91 Å². The molecule has 5 heteroatoms. The van der Waals surface area contributed by atoms with Gasteiger partial charge in [0, 0.05) is 24.2 Å². The Labute approximate surface area is 109 Å². The molecule has 92 valence electrons. The molecule has 0 aliphatic carbocycles. The van der Waals surface area contributed by atoms with Crippen molar-refractivity contribution in [1.29, 1.82) is 0 Å². The third kappa shape index (κ3) is 1.86. The highest BCUT2D eigenvalue weighted by molar-refractivity contribution is 7.10. The number of fused-ring (bicyclic) bond motifs is 1. The van der Waals surface area contributed by atoms with Crippen LogP contribution in [0.15, 0.2) is 29.8 Å². The van der Waals surface area contributed by atoms with Gasteiger partial charge in [0.15, 0.2) is 0 Å². The Balaban J connectivity index is 1.85. The number of rotatable bonds is 1.